The van der Waals surface area contributed by atoms with Crippen molar-refractivity contribution in [1.29, 1.82) is 0 Å². The lowest BCUT2D eigenvalue weighted by molar-refractivity contribution is 0.101. The number of carbonyl (C=O) groups excluding carboxylic acids is 1. The number of hydrogen-bond donors (Lipinski definition) is 0. The summed E-state index contributed by atoms with van der Waals surface area (Å²) in [5, 5.41) is 0. The molecule has 2 aliphatic rings. The van der Waals surface area contributed by atoms with Gasteiger partial charge in [0, 0.05) is 56.2 Å². The van der Waals surface area contributed by atoms with Crippen molar-refractivity contribution in [2.75, 3.05) is 31.1 Å². The van der Waals surface area contributed by atoms with E-state index in [1.807, 2.05) is 24.7 Å². The van der Waals surface area contributed by atoms with Crippen LogP contribution in [-0.2, 0) is 6.54 Å². The van der Waals surface area contributed by atoms with Crippen molar-refractivity contribution in [2.24, 2.45) is 0 Å². The second-order valence-electron chi connectivity index (χ2n) is 6.89. The molecule has 2 heterocycles. The van der Waals surface area contributed by atoms with Crippen molar-refractivity contribution in [2.45, 2.75) is 32.4 Å². The van der Waals surface area contributed by atoms with Gasteiger partial charge in [0.05, 0.1) is 12.0 Å². The molecule has 1 saturated carbocycles. The van der Waals surface area contributed by atoms with Gasteiger partial charge in [0.15, 0.2) is 5.78 Å². The molecular formula is C19H24N4O. The molecule has 0 N–H and O–H groups in total. The Hall–Kier alpha value is -2.14. The Morgan fingerprint density at radius 2 is 1.83 bits per heavy atom. The molecule has 1 aliphatic carbocycles. The molecule has 1 aliphatic heterocycles. The molecule has 5 heteroatoms. The van der Waals surface area contributed by atoms with Crippen molar-refractivity contribution in [1.82, 2.24) is 14.5 Å². The van der Waals surface area contributed by atoms with Crippen LogP contribution in [0.5, 0.6) is 0 Å². The Balaban J connectivity index is 1.34. The Bertz CT molecular complexity index is 709. The van der Waals surface area contributed by atoms with E-state index in [9.17, 15) is 4.79 Å². The van der Waals surface area contributed by atoms with Gasteiger partial charge < -0.3 is 9.47 Å². The highest BCUT2D eigenvalue weighted by molar-refractivity contribution is 5.94. The summed E-state index contributed by atoms with van der Waals surface area (Å²) in [6.45, 7) is 6.77. The smallest absolute Gasteiger partial charge is 0.159 e. The van der Waals surface area contributed by atoms with Crippen LogP contribution in [0.25, 0.3) is 0 Å². The third-order valence-electron chi connectivity index (χ3n) is 5.08. The van der Waals surface area contributed by atoms with Gasteiger partial charge in [-0.2, -0.15) is 0 Å². The molecule has 0 amide bonds. The van der Waals surface area contributed by atoms with Crippen LogP contribution in [0.1, 0.15) is 41.9 Å². The zero-order valence-corrected chi connectivity index (χ0v) is 14.2. The number of imidazole rings is 1. The molecule has 5 nitrogen and oxygen atoms in total. The molecule has 2 fully saturated rings. The van der Waals surface area contributed by atoms with Crippen molar-refractivity contribution >= 4 is 11.5 Å². The predicted molar refractivity (Wildman–Crippen MR) is 94.4 cm³/mol. The minimum absolute atomic E-state index is 0.124. The molecule has 4 rings (SSSR count). The third-order valence-corrected chi connectivity index (χ3v) is 5.08. The number of anilines is 1. The third kappa shape index (κ3) is 3.22. The molecule has 24 heavy (non-hydrogen) atoms. The van der Waals surface area contributed by atoms with Crippen LogP contribution >= 0.6 is 0 Å². The average molecular weight is 324 g/mol. The Morgan fingerprint density at radius 1 is 1.12 bits per heavy atom. The standard InChI is InChI=1S/C19H24N4O/c1-15(24)16-2-4-17(5-3-16)22-10-8-21(9-11-22)13-19-12-20-14-23(19)18-6-7-18/h2-5,12,14,18H,6-11,13H2,1H3. The minimum Gasteiger partial charge on any atom is -0.369 e. The highest BCUT2D eigenvalue weighted by Gasteiger charge is 2.26. The van der Waals surface area contributed by atoms with Crippen LogP contribution in [0.4, 0.5) is 5.69 Å². The van der Waals surface area contributed by atoms with E-state index in [2.05, 4.69) is 31.5 Å². The van der Waals surface area contributed by atoms with E-state index >= 15 is 0 Å². The summed E-state index contributed by atoms with van der Waals surface area (Å²) in [4.78, 5) is 20.6. The Kier molecular flexibility index (Phi) is 4.10. The fraction of sp³-hybridized carbons (Fsp3) is 0.474. The highest BCUT2D eigenvalue weighted by Crippen LogP contribution is 2.35. The maximum absolute atomic E-state index is 11.4. The van der Waals surface area contributed by atoms with Crippen LogP contribution in [-0.4, -0.2) is 46.4 Å². The van der Waals surface area contributed by atoms with Gasteiger partial charge in [-0.3, -0.25) is 9.69 Å². The number of piperazine rings is 1. The molecule has 0 unspecified atom stereocenters. The van der Waals surface area contributed by atoms with Gasteiger partial charge in [0.2, 0.25) is 0 Å². The van der Waals surface area contributed by atoms with Crippen LogP contribution in [0.15, 0.2) is 36.8 Å². The molecule has 0 atom stereocenters. The highest BCUT2D eigenvalue weighted by atomic mass is 16.1. The zero-order chi connectivity index (χ0) is 16.5. The Labute approximate surface area is 142 Å². The predicted octanol–water partition coefficient (Wildman–Crippen LogP) is 2.74. The van der Waals surface area contributed by atoms with Crippen molar-refractivity contribution in [3.8, 4) is 0 Å². The van der Waals surface area contributed by atoms with E-state index in [1.54, 1.807) is 6.92 Å². The van der Waals surface area contributed by atoms with Gasteiger partial charge in [-0.1, -0.05) is 0 Å². The van der Waals surface area contributed by atoms with Crippen LogP contribution in [0.3, 0.4) is 0 Å². The van der Waals surface area contributed by atoms with E-state index in [1.165, 1.54) is 24.2 Å². The second-order valence-corrected chi connectivity index (χ2v) is 6.89. The molecular weight excluding hydrogens is 300 g/mol. The number of rotatable bonds is 5. The number of Topliss-reactive ketones (excluding diaryl/α,β-unsaturated/α-hetero) is 1. The van der Waals surface area contributed by atoms with Crippen molar-refractivity contribution in [3.63, 3.8) is 0 Å². The molecule has 1 aromatic carbocycles. The van der Waals surface area contributed by atoms with Crippen molar-refractivity contribution in [3.05, 3.63) is 48.0 Å². The lowest BCUT2D eigenvalue weighted by Crippen LogP contribution is -2.46. The summed E-state index contributed by atoms with van der Waals surface area (Å²) < 4.78 is 2.35. The van der Waals surface area contributed by atoms with Gasteiger partial charge in [0.1, 0.15) is 0 Å². The minimum atomic E-state index is 0.124. The van der Waals surface area contributed by atoms with E-state index in [0.717, 1.165) is 38.3 Å². The molecule has 0 radical (unpaired) electrons. The number of aromatic nitrogens is 2. The monoisotopic (exact) mass is 324 g/mol. The number of carbonyl (C=O) groups is 1. The van der Waals surface area contributed by atoms with Gasteiger partial charge >= 0.3 is 0 Å². The molecule has 126 valence electrons. The molecule has 1 saturated heterocycles. The van der Waals surface area contributed by atoms with Crippen LogP contribution < -0.4 is 4.90 Å². The largest absolute Gasteiger partial charge is 0.369 e. The zero-order valence-electron chi connectivity index (χ0n) is 14.2. The number of nitrogens with zero attached hydrogens (tertiary/aromatic N) is 4. The van der Waals surface area contributed by atoms with Gasteiger partial charge in [-0.05, 0) is 44.0 Å². The second kappa shape index (κ2) is 6.40. The summed E-state index contributed by atoms with van der Waals surface area (Å²) in [5.74, 6) is 0.124. The first-order chi connectivity index (χ1) is 11.7. The lowest BCUT2D eigenvalue weighted by atomic mass is 10.1. The van der Waals surface area contributed by atoms with Gasteiger partial charge in [-0.25, -0.2) is 4.98 Å². The number of benzene rings is 1. The summed E-state index contributed by atoms with van der Waals surface area (Å²) in [7, 11) is 0. The van der Waals surface area contributed by atoms with E-state index < -0.39 is 0 Å². The van der Waals surface area contributed by atoms with Gasteiger partial charge in [0.25, 0.3) is 0 Å². The normalized spacial score (nSPS) is 18.8. The summed E-state index contributed by atoms with van der Waals surface area (Å²) in [5.41, 5.74) is 3.34. The lowest BCUT2D eigenvalue weighted by Gasteiger charge is -2.36. The van der Waals surface area contributed by atoms with Crippen LogP contribution in [0.2, 0.25) is 0 Å². The first-order valence-electron chi connectivity index (χ1n) is 8.80. The first-order valence-corrected chi connectivity index (χ1v) is 8.80. The maximum Gasteiger partial charge on any atom is 0.159 e. The maximum atomic E-state index is 11.4. The van der Waals surface area contributed by atoms with E-state index in [4.69, 9.17) is 0 Å². The molecule has 1 aromatic heterocycles. The average Bonchev–Trinajstić information content (AvgIpc) is 3.35. The number of hydrogen-bond acceptors (Lipinski definition) is 4. The Morgan fingerprint density at radius 3 is 2.46 bits per heavy atom. The summed E-state index contributed by atoms with van der Waals surface area (Å²) in [6.07, 6.45) is 6.60. The molecule has 0 bridgehead atoms. The van der Waals surface area contributed by atoms with E-state index in [0.29, 0.717) is 6.04 Å². The van der Waals surface area contributed by atoms with Crippen molar-refractivity contribution < 1.29 is 4.79 Å². The number of ketones is 1. The van der Waals surface area contributed by atoms with E-state index in [-0.39, 0.29) is 5.78 Å². The quantitative estimate of drug-likeness (QED) is 0.793. The molecule has 2 aromatic rings. The van der Waals surface area contributed by atoms with Gasteiger partial charge in [-0.15, -0.1) is 0 Å². The first kappa shape index (κ1) is 15.4. The summed E-state index contributed by atoms with van der Waals surface area (Å²) >= 11 is 0. The summed E-state index contributed by atoms with van der Waals surface area (Å²) in [6, 6.07) is 8.68. The topological polar surface area (TPSA) is 41.4 Å². The molecule has 0 spiro atoms. The fourth-order valence-electron chi connectivity index (χ4n) is 3.44. The van der Waals surface area contributed by atoms with Crippen LogP contribution in [0, 0.1) is 0 Å². The fourth-order valence-corrected chi connectivity index (χ4v) is 3.44. The SMILES string of the molecule is CC(=O)c1ccc(N2CCN(Cc3cncn3C3CC3)CC2)cc1.